The lowest BCUT2D eigenvalue weighted by atomic mass is 9.94. The van der Waals surface area contributed by atoms with Crippen LogP contribution in [0.1, 0.15) is 36.0 Å². The lowest BCUT2D eigenvalue weighted by Gasteiger charge is -2.40. The summed E-state index contributed by atoms with van der Waals surface area (Å²) in [5, 5.41) is 4.13. The standard InChI is InChI=1S/C24H27Cl2N3O2/c25-18-8-5-9-19(16-18)27-23(30)22(17-6-1-2-7-17)28-12-14-29(15-13-28)24(31)20-10-3-4-11-21(20)26/h3-5,8-11,16-17,22H,1-2,6-7,12-15H2,(H,27,30). The van der Waals surface area contributed by atoms with E-state index in [4.69, 9.17) is 23.2 Å². The Hall–Kier alpha value is -2.08. The normalized spacial score (nSPS) is 18.7. The van der Waals surface area contributed by atoms with Crippen molar-refractivity contribution in [2.24, 2.45) is 5.92 Å². The maximum Gasteiger partial charge on any atom is 0.255 e. The molecule has 1 aliphatic carbocycles. The van der Waals surface area contributed by atoms with Crippen LogP contribution < -0.4 is 5.32 Å². The first kappa shape index (κ1) is 22.1. The lowest BCUT2D eigenvalue weighted by Crippen LogP contribution is -2.57. The molecule has 31 heavy (non-hydrogen) atoms. The van der Waals surface area contributed by atoms with Crippen LogP contribution >= 0.6 is 23.2 Å². The van der Waals surface area contributed by atoms with Gasteiger partial charge in [0.2, 0.25) is 5.91 Å². The molecule has 1 N–H and O–H groups in total. The van der Waals surface area contributed by atoms with Gasteiger partial charge >= 0.3 is 0 Å². The zero-order valence-electron chi connectivity index (χ0n) is 17.4. The summed E-state index contributed by atoms with van der Waals surface area (Å²) in [6, 6.07) is 14.2. The number of carbonyl (C=O) groups excluding carboxylic acids is 2. The van der Waals surface area contributed by atoms with Gasteiger partial charge < -0.3 is 10.2 Å². The van der Waals surface area contributed by atoms with Crippen molar-refractivity contribution in [3.05, 3.63) is 64.1 Å². The Morgan fingerprint density at radius 1 is 0.935 bits per heavy atom. The van der Waals surface area contributed by atoms with Crippen molar-refractivity contribution < 1.29 is 9.59 Å². The SMILES string of the molecule is O=C(Nc1cccc(Cl)c1)C(C1CCCC1)N1CCN(C(=O)c2ccccc2Cl)CC1. The Labute approximate surface area is 193 Å². The minimum Gasteiger partial charge on any atom is -0.336 e. The molecule has 5 nitrogen and oxygen atoms in total. The van der Waals surface area contributed by atoms with Crippen molar-refractivity contribution >= 4 is 40.7 Å². The van der Waals surface area contributed by atoms with Crippen LogP contribution in [0.5, 0.6) is 0 Å². The Morgan fingerprint density at radius 3 is 2.32 bits per heavy atom. The van der Waals surface area contributed by atoms with Gasteiger partial charge in [-0.25, -0.2) is 0 Å². The highest BCUT2D eigenvalue weighted by atomic mass is 35.5. The van der Waals surface area contributed by atoms with Crippen LogP contribution in [0.3, 0.4) is 0 Å². The van der Waals surface area contributed by atoms with E-state index in [1.807, 2.05) is 29.2 Å². The van der Waals surface area contributed by atoms with E-state index in [1.54, 1.807) is 24.3 Å². The van der Waals surface area contributed by atoms with Crippen molar-refractivity contribution in [1.82, 2.24) is 9.80 Å². The number of carbonyl (C=O) groups is 2. The van der Waals surface area contributed by atoms with E-state index >= 15 is 0 Å². The molecule has 1 aliphatic heterocycles. The van der Waals surface area contributed by atoms with Crippen molar-refractivity contribution in [3.63, 3.8) is 0 Å². The van der Waals surface area contributed by atoms with E-state index in [0.29, 0.717) is 53.4 Å². The second kappa shape index (κ2) is 10.0. The van der Waals surface area contributed by atoms with Crippen LogP contribution in [-0.4, -0.2) is 53.8 Å². The summed E-state index contributed by atoms with van der Waals surface area (Å²) in [6.45, 7) is 2.50. The number of piperazine rings is 1. The fourth-order valence-electron chi connectivity index (χ4n) is 4.74. The molecule has 1 unspecified atom stereocenters. The molecule has 0 aromatic heterocycles. The van der Waals surface area contributed by atoms with Gasteiger partial charge in [0.25, 0.3) is 5.91 Å². The number of anilines is 1. The first-order valence-corrected chi connectivity index (χ1v) is 11.6. The largest absolute Gasteiger partial charge is 0.336 e. The second-order valence-electron chi connectivity index (χ2n) is 8.30. The van der Waals surface area contributed by atoms with Gasteiger partial charge in [0, 0.05) is 36.9 Å². The maximum atomic E-state index is 13.3. The summed E-state index contributed by atoms with van der Waals surface area (Å²) in [5.41, 5.74) is 1.25. The molecule has 2 aromatic rings. The summed E-state index contributed by atoms with van der Waals surface area (Å²) in [5.74, 6) is 0.302. The van der Waals surface area contributed by atoms with Gasteiger partial charge in [0.15, 0.2) is 0 Å². The van der Waals surface area contributed by atoms with Crippen LogP contribution in [0.4, 0.5) is 5.69 Å². The minimum atomic E-state index is -0.195. The molecule has 1 atom stereocenters. The molecule has 2 fully saturated rings. The molecule has 0 radical (unpaired) electrons. The molecule has 1 saturated carbocycles. The van der Waals surface area contributed by atoms with Gasteiger partial charge in [-0.05, 0) is 49.1 Å². The molecule has 0 bridgehead atoms. The van der Waals surface area contributed by atoms with Crippen LogP contribution in [0.25, 0.3) is 0 Å². The highest BCUT2D eigenvalue weighted by Crippen LogP contribution is 2.32. The third-order valence-corrected chi connectivity index (χ3v) is 6.87. The van der Waals surface area contributed by atoms with Crippen LogP contribution in [-0.2, 0) is 4.79 Å². The number of nitrogens with zero attached hydrogens (tertiary/aromatic N) is 2. The van der Waals surface area contributed by atoms with Crippen molar-refractivity contribution in [2.45, 2.75) is 31.7 Å². The van der Waals surface area contributed by atoms with E-state index < -0.39 is 0 Å². The number of benzene rings is 2. The van der Waals surface area contributed by atoms with E-state index in [0.717, 1.165) is 25.7 Å². The molecule has 7 heteroatoms. The number of amides is 2. The zero-order valence-corrected chi connectivity index (χ0v) is 18.9. The maximum absolute atomic E-state index is 13.3. The lowest BCUT2D eigenvalue weighted by molar-refractivity contribution is -0.123. The predicted octanol–water partition coefficient (Wildman–Crippen LogP) is 4.95. The molecule has 2 aromatic carbocycles. The van der Waals surface area contributed by atoms with E-state index in [9.17, 15) is 9.59 Å². The molecule has 1 heterocycles. The van der Waals surface area contributed by atoms with Gasteiger partial charge in [-0.15, -0.1) is 0 Å². The number of hydrogen-bond donors (Lipinski definition) is 1. The Balaban J connectivity index is 1.44. The Kier molecular flexibility index (Phi) is 7.16. The predicted molar refractivity (Wildman–Crippen MR) is 125 cm³/mol. The first-order valence-electron chi connectivity index (χ1n) is 10.9. The van der Waals surface area contributed by atoms with Crippen molar-refractivity contribution in [2.75, 3.05) is 31.5 Å². The van der Waals surface area contributed by atoms with Crippen molar-refractivity contribution in [3.8, 4) is 0 Å². The minimum absolute atomic E-state index is 0.0139. The molecule has 164 valence electrons. The number of hydrogen-bond acceptors (Lipinski definition) is 3. The van der Waals surface area contributed by atoms with E-state index in [-0.39, 0.29) is 17.9 Å². The number of nitrogens with one attached hydrogen (secondary N) is 1. The molecule has 2 amide bonds. The zero-order chi connectivity index (χ0) is 21.8. The monoisotopic (exact) mass is 459 g/mol. The summed E-state index contributed by atoms with van der Waals surface area (Å²) in [4.78, 5) is 30.3. The summed E-state index contributed by atoms with van der Waals surface area (Å²) < 4.78 is 0. The average Bonchev–Trinajstić information content (AvgIpc) is 3.28. The summed E-state index contributed by atoms with van der Waals surface area (Å²) in [7, 11) is 0. The third-order valence-electron chi connectivity index (χ3n) is 6.31. The Bertz CT molecular complexity index is 938. The van der Waals surface area contributed by atoms with E-state index in [2.05, 4.69) is 10.2 Å². The summed E-state index contributed by atoms with van der Waals surface area (Å²) >= 11 is 12.3. The van der Waals surface area contributed by atoms with Crippen LogP contribution in [0.15, 0.2) is 48.5 Å². The van der Waals surface area contributed by atoms with Crippen LogP contribution in [0, 0.1) is 5.92 Å². The van der Waals surface area contributed by atoms with Gasteiger partial charge in [-0.3, -0.25) is 14.5 Å². The number of rotatable bonds is 5. The highest BCUT2D eigenvalue weighted by molar-refractivity contribution is 6.33. The van der Waals surface area contributed by atoms with E-state index in [1.165, 1.54) is 0 Å². The van der Waals surface area contributed by atoms with Gasteiger partial charge in [0.05, 0.1) is 16.6 Å². The van der Waals surface area contributed by atoms with Crippen LogP contribution in [0.2, 0.25) is 10.0 Å². The van der Waals surface area contributed by atoms with Gasteiger partial charge in [-0.1, -0.05) is 54.2 Å². The van der Waals surface area contributed by atoms with Gasteiger partial charge in [-0.2, -0.15) is 0 Å². The average molecular weight is 460 g/mol. The fourth-order valence-corrected chi connectivity index (χ4v) is 5.15. The molecule has 0 spiro atoms. The molecular weight excluding hydrogens is 433 g/mol. The molecule has 2 aliphatic rings. The quantitative estimate of drug-likeness (QED) is 0.687. The number of halogens is 2. The fraction of sp³-hybridized carbons (Fsp3) is 0.417. The topological polar surface area (TPSA) is 52.7 Å². The molecule has 1 saturated heterocycles. The Morgan fingerprint density at radius 2 is 1.65 bits per heavy atom. The highest BCUT2D eigenvalue weighted by Gasteiger charge is 2.37. The molecular formula is C24H27Cl2N3O2. The third kappa shape index (κ3) is 5.22. The second-order valence-corrected chi connectivity index (χ2v) is 9.14. The van der Waals surface area contributed by atoms with Gasteiger partial charge in [0.1, 0.15) is 0 Å². The first-order chi connectivity index (χ1) is 15.0. The van der Waals surface area contributed by atoms with Crippen molar-refractivity contribution in [1.29, 1.82) is 0 Å². The smallest absolute Gasteiger partial charge is 0.255 e. The summed E-state index contributed by atoms with van der Waals surface area (Å²) in [6.07, 6.45) is 4.45. The molecule has 4 rings (SSSR count).